The second-order valence-electron chi connectivity index (χ2n) is 4.22. The standard InChI is InChI=1S/C12H14N4O5/c1-15-5-9(13-14-15)7-21-12-4-10(16(18)19)8(6-17)3-11(12)20-2/h3-5,17H,6-7H2,1-2H3. The van der Waals surface area contributed by atoms with E-state index in [1.54, 1.807) is 13.2 Å². The second kappa shape index (κ2) is 6.18. The van der Waals surface area contributed by atoms with Gasteiger partial charge in [-0.25, -0.2) is 0 Å². The lowest BCUT2D eigenvalue weighted by atomic mass is 10.1. The third kappa shape index (κ3) is 3.26. The monoisotopic (exact) mass is 294 g/mol. The SMILES string of the molecule is COc1cc(CO)c([N+](=O)[O-])cc1OCc1cn(C)nn1. The Bertz CT molecular complexity index is 655. The Labute approximate surface area is 119 Å². The lowest BCUT2D eigenvalue weighted by Gasteiger charge is -2.11. The fourth-order valence-corrected chi connectivity index (χ4v) is 1.77. The summed E-state index contributed by atoms with van der Waals surface area (Å²) in [5, 5.41) is 27.8. The van der Waals surface area contributed by atoms with Crippen molar-refractivity contribution in [2.24, 2.45) is 7.05 Å². The summed E-state index contributed by atoms with van der Waals surface area (Å²) in [5.41, 5.74) is 0.504. The van der Waals surface area contributed by atoms with E-state index in [4.69, 9.17) is 14.6 Å². The molecule has 0 saturated heterocycles. The van der Waals surface area contributed by atoms with Crippen LogP contribution in [0.3, 0.4) is 0 Å². The first-order valence-electron chi connectivity index (χ1n) is 5.99. The fraction of sp³-hybridized carbons (Fsp3) is 0.333. The number of methoxy groups -OCH3 is 1. The van der Waals surface area contributed by atoms with Crippen molar-refractivity contribution >= 4 is 5.69 Å². The van der Waals surface area contributed by atoms with Crippen LogP contribution in [0.5, 0.6) is 11.5 Å². The highest BCUT2D eigenvalue weighted by Crippen LogP contribution is 2.35. The first-order valence-corrected chi connectivity index (χ1v) is 5.99. The number of ether oxygens (including phenoxy) is 2. The van der Waals surface area contributed by atoms with E-state index < -0.39 is 11.5 Å². The molecule has 0 fully saturated rings. The zero-order chi connectivity index (χ0) is 15.4. The summed E-state index contributed by atoms with van der Waals surface area (Å²) < 4.78 is 12.1. The number of aliphatic hydroxyl groups is 1. The highest BCUT2D eigenvalue weighted by Gasteiger charge is 2.19. The number of aromatic nitrogens is 3. The summed E-state index contributed by atoms with van der Waals surface area (Å²) in [6, 6.07) is 2.60. The van der Waals surface area contributed by atoms with Crippen LogP contribution in [0.2, 0.25) is 0 Å². The molecule has 9 nitrogen and oxygen atoms in total. The second-order valence-corrected chi connectivity index (χ2v) is 4.22. The summed E-state index contributed by atoms with van der Waals surface area (Å²) >= 11 is 0. The summed E-state index contributed by atoms with van der Waals surface area (Å²) in [5.74, 6) is 0.501. The average Bonchev–Trinajstić information content (AvgIpc) is 2.89. The highest BCUT2D eigenvalue weighted by atomic mass is 16.6. The minimum Gasteiger partial charge on any atom is -0.493 e. The van der Waals surface area contributed by atoms with Crippen LogP contribution in [-0.2, 0) is 20.3 Å². The minimum atomic E-state index is -0.583. The van der Waals surface area contributed by atoms with Gasteiger partial charge in [0.2, 0.25) is 0 Å². The molecule has 0 radical (unpaired) electrons. The summed E-state index contributed by atoms with van der Waals surface area (Å²) in [4.78, 5) is 10.4. The smallest absolute Gasteiger partial charge is 0.278 e. The number of aliphatic hydroxyl groups excluding tert-OH is 1. The van der Waals surface area contributed by atoms with Gasteiger partial charge in [-0.2, -0.15) is 0 Å². The largest absolute Gasteiger partial charge is 0.493 e. The molecule has 2 aromatic rings. The third-order valence-corrected chi connectivity index (χ3v) is 2.76. The molecule has 0 bridgehead atoms. The number of nitro benzene ring substituents is 1. The van der Waals surface area contributed by atoms with Crippen LogP contribution in [0.1, 0.15) is 11.3 Å². The van der Waals surface area contributed by atoms with Crippen LogP contribution in [-0.4, -0.2) is 32.1 Å². The molecule has 0 unspecified atom stereocenters. The molecular formula is C12H14N4O5. The van der Waals surface area contributed by atoms with Crippen LogP contribution in [0.25, 0.3) is 0 Å². The number of aryl methyl sites for hydroxylation is 1. The normalized spacial score (nSPS) is 10.4. The minimum absolute atomic E-state index is 0.0970. The van der Waals surface area contributed by atoms with Crippen molar-refractivity contribution in [2.75, 3.05) is 7.11 Å². The molecule has 9 heteroatoms. The maximum absolute atomic E-state index is 11.0. The topological polar surface area (TPSA) is 113 Å². The van der Waals surface area contributed by atoms with Gasteiger partial charge in [-0.15, -0.1) is 5.10 Å². The molecule has 1 aromatic heterocycles. The maximum Gasteiger partial charge on any atom is 0.278 e. The zero-order valence-electron chi connectivity index (χ0n) is 11.5. The van der Waals surface area contributed by atoms with E-state index in [0.29, 0.717) is 11.4 Å². The van der Waals surface area contributed by atoms with E-state index in [9.17, 15) is 10.1 Å². The number of nitrogens with zero attached hydrogens (tertiary/aromatic N) is 4. The van der Waals surface area contributed by atoms with Gasteiger partial charge in [0.05, 0.1) is 36.5 Å². The zero-order valence-corrected chi connectivity index (χ0v) is 11.5. The first-order chi connectivity index (χ1) is 10.0. The lowest BCUT2D eigenvalue weighted by molar-refractivity contribution is -0.386. The molecule has 21 heavy (non-hydrogen) atoms. The number of hydrogen-bond acceptors (Lipinski definition) is 7. The van der Waals surface area contributed by atoms with Gasteiger partial charge in [0, 0.05) is 7.05 Å². The lowest BCUT2D eigenvalue weighted by Crippen LogP contribution is -2.02. The molecule has 0 aliphatic carbocycles. The van der Waals surface area contributed by atoms with E-state index in [1.165, 1.54) is 23.9 Å². The van der Waals surface area contributed by atoms with Crippen molar-refractivity contribution < 1.29 is 19.5 Å². The molecule has 0 atom stereocenters. The quantitative estimate of drug-likeness (QED) is 0.619. The predicted octanol–water partition coefficient (Wildman–Crippen LogP) is 0.803. The Morgan fingerprint density at radius 2 is 2.19 bits per heavy atom. The van der Waals surface area contributed by atoms with Crippen LogP contribution in [0.4, 0.5) is 5.69 Å². The van der Waals surface area contributed by atoms with Crippen LogP contribution >= 0.6 is 0 Å². The summed E-state index contributed by atoms with van der Waals surface area (Å²) in [6.45, 7) is -0.364. The maximum atomic E-state index is 11.0. The van der Waals surface area contributed by atoms with Gasteiger partial charge in [0.1, 0.15) is 12.3 Å². The van der Waals surface area contributed by atoms with Crippen molar-refractivity contribution in [1.82, 2.24) is 15.0 Å². The van der Waals surface area contributed by atoms with Gasteiger partial charge >= 0.3 is 0 Å². The number of benzene rings is 1. The predicted molar refractivity (Wildman–Crippen MR) is 70.9 cm³/mol. The molecule has 0 saturated carbocycles. The Balaban J connectivity index is 2.28. The molecule has 0 aliphatic heterocycles. The molecule has 0 amide bonds. The third-order valence-electron chi connectivity index (χ3n) is 2.76. The molecule has 0 aliphatic rings. The van der Waals surface area contributed by atoms with E-state index in [2.05, 4.69) is 10.3 Å². The number of hydrogen-bond donors (Lipinski definition) is 1. The van der Waals surface area contributed by atoms with Crippen molar-refractivity contribution in [3.63, 3.8) is 0 Å². The Kier molecular flexibility index (Phi) is 4.33. The van der Waals surface area contributed by atoms with Crippen molar-refractivity contribution in [3.8, 4) is 11.5 Å². The van der Waals surface area contributed by atoms with Crippen LogP contribution in [0.15, 0.2) is 18.3 Å². The molecule has 112 valence electrons. The molecule has 2 rings (SSSR count). The van der Waals surface area contributed by atoms with Gasteiger partial charge in [0.15, 0.2) is 11.5 Å². The Hall–Kier alpha value is -2.68. The van der Waals surface area contributed by atoms with Crippen molar-refractivity contribution in [3.05, 3.63) is 39.7 Å². The number of nitro groups is 1. The average molecular weight is 294 g/mol. The van der Waals surface area contributed by atoms with E-state index >= 15 is 0 Å². The first kappa shape index (κ1) is 14.7. The van der Waals surface area contributed by atoms with Gasteiger partial charge < -0.3 is 14.6 Å². The van der Waals surface area contributed by atoms with Crippen molar-refractivity contribution in [2.45, 2.75) is 13.2 Å². The van der Waals surface area contributed by atoms with Gasteiger partial charge in [-0.1, -0.05) is 5.21 Å². The summed E-state index contributed by atoms with van der Waals surface area (Å²) in [7, 11) is 3.13. The van der Waals surface area contributed by atoms with E-state index in [0.717, 1.165) is 0 Å². The van der Waals surface area contributed by atoms with Crippen molar-refractivity contribution in [1.29, 1.82) is 0 Å². The van der Waals surface area contributed by atoms with E-state index in [1.807, 2.05) is 0 Å². The Morgan fingerprint density at radius 3 is 2.71 bits per heavy atom. The van der Waals surface area contributed by atoms with Crippen LogP contribution in [0, 0.1) is 10.1 Å². The molecule has 0 spiro atoms. The van der Waals surface area contributed by atoms with E-state index in [-0.39, 0.29) is 23.6 Å². The summed E-state index contributed by atoms with van der Waals surface area (Å²) in [6.07, 6.45) is 1.67. The van der Waals surface area contributed by atoms with Gasteiger partial charge in [-0.3, -0.25) is 14.8 Å². The fourth-order valence-electron chi connectivity index (χ4n) is 1.77. The highest BCUT2D eigenvalue weighted by molar-refractivity contribution is 5.54. The Morgan fingerprint density at radius 1 is 1.43 bits per heavy atom. The molecular weight excluding hydrogens is 280 g/mol. The van der Waals surface area contributed by atoms with Crippen LogP contribution < -0.4 is 9.47 Å². The molecule has 1 N–H and O–H groups in total. The molecule has 1 aromatic carbocycles. The van der Waals surface area contributed by atoms with Gasteiger partial charge in [0.25, 0.3) is 5.69 Å². The molecule has 1 heterocycles. The van der Waals surface area contributed by atoms with Gasteiger partial charge in [-0.05, 0) is 6.07 Å². The number of rotatable bonds is 6.